The van der Waals surface area contributed by atoms with Crippen LogP contribution >= 0.6 is 31.9 Å². The van der Waals surface area contributed by atoms with Crippen molar-refractivity contribution in [3.05, 3.63) is 21.1 Å². The van der Waals surface area contributed by atoms with Gasteiger partial charge < -0.3 is 10.8 Å². The summed E-state index contributed by atoms with van der Waals surface area (Å²) in [5.41, 5.74) is 6.12. The highest BCUT2D eigenvalue weighted by atomic mass is 79.9. The van der Waals surface area contributed by atoms with Crippen LogP contribution in [0.4, 0.5) is 5.69 Å². The predicted octanol–water partition coefficient (Wildman–Crippen LogP) is 2.38. The second-order valence-corrected chi connectivity index (χ2v) is 8.25. The van der Waals surface area contributed by atoms with E-state index in [1.807, 2.05) is 0 Å². The Balaban J connectivity index is 2.31. The molecule has 0 aliphatic heterocycles. The lowest BCUT2D eigenvalue weighted by molar-refractivity contribution is 0.101. The van der Waals surface area contributed by atoms with Crippen molar-refractivity contribution in [1.82, 2.24) is 4.72 Å². The number of hydrogen-bond donors (Lipinski definition) is 3. The Morgan fingerprint density at radius 2 is 1.75 bits per heavy atom. The van der Waals surface area contributed by atoms with Gasteiger partial charge in [-0.25, -0.2) is 13.1 Å². The molecule has 1 aromatic carbocycles. The second kappa shape index (κ2) is 6.31. The van der Waals surface area contributed by atoms with Gasteiger partial charge in [-0.3, -0.25) is 0 Å². The summed E-state index contributed by atoms with van der Waals surface area (Å²) < 4.78 is 28.3. The predicted molar refractivity (Wildman–Crippen MR) is 84.8 cm³/mol. The minimum Gasteiger partial charge on any atom is -0.399 e. The average molecular weight is 428 g/mol. The Morgan fingerprint density at radius 1 is 1.20 bits per heavy atom. The maximum Gasteiger partial charge on any atom is 0.243 e. The summed E-state index contributed by atoms with van der Waals surface area (Å²) in [4.78, 5) is 0.101. The third-order valence-electron chi connectivity index (χ3n) is 3.33. The van der Waals surface area contributed by atoms with Gasteiger partial charge in [0.2, 0.25) is 10.0 Å². The van der Waals surface area contributed by atoms with Gasteiger partial charge in [0, 0.05) is 20.7 Å². The third-order valence-corrected chi connectivity index (χ3v) is 6.69. The van der Waals surface area contributed by atoms with E-state index in [9.17, 15) is 13.5 Å². The molecule has 0 saturated heterocycles. The van der Waals surface area contributed by atoms with Crippen molar-refractivity contribution in [3.63, 3.8) is 0 Å². The van der Waals surface area contributed by atoms with Gasteiger partial charge in [-0.05, 0) is 56.8 Å². The average Bonchev–Trinajstić information content (AvgIpc) is 2.30. The third kappa shape index (κ3) is 3.54. The van der Waals surface area contributed by atoms with Crippen LogP contribution in [0, 0.1) is 0 Å². The summed E-state index contributed by atoms with van der Waals surface area (Å²) in [6.45, 7) is 0. The first-order chi connectivity index (χ1) is 9.31. The molecule has 0 heterocycles. The van der Waals surface area contributed by atoms with E-state index >= 15 is 0 Å². The van der Waals surface area contributed by atoms with Crippen molar-refractivity contribution in [3.8, 4) is 0 Å². The van der Waals surface area contributed by atoms with Crippen LogP contribution < -0.4 is 10.5 Å². The number of aliphatic hydroxyl groups is 1. The van der Waals surface area contributed by atoms with Crippen molar-refractivity contribution in [2.45, 2.75) is 42.7 Å². The molecule has 1 fully saturated rings. The number of aliphatic hydroxyl groups excluding tert-OH is 1. The Bertz CT molecular complexity index is 584. The molecule has 0 radical (unpaired) electrons. The van der Waals surface area contributed by atoms with E-state index in [1.54, 1.807) is 0 Å². The summed E-state index contributed by atoms with van der Waals surface area (Å²) in [7, 11) is -3.73. The number of nitrogens with two attached hydrogens (primary N) is 1. The van der Waals surface area contributed by atoms with Crippen molar-refractivity contribution in [2.24, 2.45) is 0 Å². The van der Waals surface area contributed by atoms with Crippen LogP contribution in [0.15, 0.2) is 26.0 Å². The molecule has 20 heavy (non-hydrogen) atoms. The topological polar surface area (TPSA) is 92.4 Å². The molecule has 1 saturated carbocycles. The molecule has 8 heteroatoms. The molecular weight excluding hydrogens is 412 g/mol. The van der Waals surface area contributed by atoms with E-state index in [-0.39, 0.29) is 4.90 Å². The van der Waals surface area contributed by atoms with E-state index in [0.29, 0.717) is 27.5 Å². The zero-order valence-corrected chi connectivity index (χ0v) is 14.6. The fraction of sp³-hybridized carbons (Fsp3) is 0.500. The fourth-order valence-electron chi connectivity index (χ4n) is 2.34. The standard InChI is InChI=1S/C12H16Br2N2O3S/c13-8-5-7(15)6-9(14)12(8)20(18,19)16-10-3-1-2-4-11(10)17/h5-6,10-11,16-17H,1-4,15H2/t10-,11-/m0/s1. The van der Waals surface area contributed by atoms with E-state index in [2.05, 4.69) is 36.6 Å². The summed E-state index contributed by atoms with van der Waals surface area (Å²) in [5.74, 6) is 0. The zero-order valence-electron chi connectivity index (χ0n) is 10.6. The van der Waals surface area contributed by atoms with Crippen molar-refractivity contribution < 1.29 is 13.5 Å². The number of halogens is 2. The molecule has 2 rings (SSSR count). The minimum absolute atomic E-state index is 0.101. The molecule has 0 aromatic heterocycles. The molecule has 1 aromatic rings. The van der Waals surface area contributed by atoms with Gasteiger partial charge >= 0.3 is 0 Å². The molecule has 5 nitrogen and oxygen atoms in total. The molecule has 4 N–H and O–H groups in total. The lowest BCUT2D eigenvalue weighted by atomic mass is 9.93. The lowest BCUT2D eigenvalue weighted by Gasteiger charge is -2.28. The van der Waals surface area contributed by atoms with Crippen molar-refractivity contribution in [2.75, 3.05) is 5.73 Å². The molecule has 0 unspecified atom stereocenters. The van der Waals surface area contributed by atoms with E-state index in [1.165, 1.54) is 12.1 Å². The molecule has 2 atom stereocenters. The van der Waals surface area contributed by atoms with Crippen LogP contribution in [-0.2, 0) is 10.0 Å². The second-order valence-electron chi connectivity index (χ2n) is 4.89. The Hall–Kier alpha value is -0.150. The Morgan fingerprint density at radius 3 is 2.30 bits per heavy atom. The highest BCUT2D eigenvalue weighted by Crippen LogP contribution is 2.33. The van der Waals surface area contributed by atoms with Gasteiger partial charge in [0.25, 0.3) is 0 Å². The Kier molecular flexibility index (Phi) is 5.12. The highest BCUT2D eigenvalue weighted by Gasteiger charge is 2.30. The van der Waals surface area contributed by atoms with E-state index in [4.69, 9.17) is 5.73 Å². The van der Waals surface area contributed by atoms with E-state index in [0.717, 1.165) is 12.8 Å². The maximum absolute atomic E-state index is 12.5. The van der Waals surface area contributed by atoms with Crippen LogP contribution in [0.25, 0.3) is 0 Å². The lowest BCUT2D eigenvalue weighted by Crippen LogP contribution is -2.45. The summed E-state index contributed by atoms with van der Waals surface area (Å²) in [6, 6.07) is 2.64. The van der Waals surface area contributed by atoms with Crippen molar-refractivity contribution in [1.29, 1.82) is 0 Å². The Labute approximate surface area is 135 Å². The normalized spacial score (nSPS) is 23.8. The first-order valence-corrected chi connectivity index (χ1v) is 9.33. The SMILES string of the molecule is Nc1cc(Br)c(S(=O)(=O)N[C@H]2CCCC[C@@H]2O)c(Br)c1. The van der Waals surface area contributed by atoms with Gasteiger partial charge in [-0.2, -0.15) is 0 Å². The fourth-order valence-corrected chi connectivity index (χ4v) is 6.27. The van der Waals surface area contributed by atoms with Crippen molar-refractivity contribution >= 4 is 47.6 Å². The van der Waals surface area contributed by atoms with Crippen LogP contribution in [0.1, 0.15) is 25.7 Å². The number of sulfonamides is 1. The largest absolute Gasteiger partial charge is 0.399 e. The smallest absolute Gasteiger partial charge is 0.243 e. The molecular formula is C12H16Br2N2O3S. The molecule has 112 valence electrons. The monoisotopic (exact) mass is 426 g/mol. The number of anilines is 1. The molecule has 1 aliphatic carbocycles. The summed E-state index contributed by atoms with van der Waals surface area (Å²) in [6.07, 6.45) is 2.47. The van der Waals surface area contributed by atoms with Gasteiger partial charge in [0.15, 0.2) is 0 Å². The molecule has 0 amide bonds. The quantitative estimate of drug-likeness (QED) is 0.645. The molecule has 0 spiro atoms. The minimum atomic E-state index is -3.73. The first-order valence-electron chi connectivity index (χ1n) is 6.26. The number of benzene rings is 1. The van der Waals surface area contributed by atoms with Gasteiger partial charge in [-0.1, -0.05) is 12.8 Å². The zero-order chi connectivity index (χ0) is 14.9. The number of rotatable bonds is 3. The van der Waals surface area contributed by atoms with Gasteiger partial charge in [0.1, 0.15) is 4.90 Å². The molecule has 1 aliphatic rings. The van der Waals surface area contributed by atoms with Crippen LogP contribution in [-0.4, -0.2) is 25.7 Å². The van der Waals surface area contributed by atoms with E-state index < -0.39 is 22.2 Å². The number of hydrogen-bond acceptors (Lipinski definition) is 4. The first kappa shape index (κ1) is 16.2. The maximum atomic E-state index is 12.5. The molecule has 0 bridgehead atoms. The highest BCUT2D eigenvalue weighted by molar-refractivity contribution is 9.11. The number of nitrogens with one attached hydrogen (secondary N) is 1. The summed E-state index contributed by atoms with van der Waals surface area (Å²) in [5, 5.41) is 9.89. The summed E-state index contributed by atoms with van der Waals surface area (Å²) >= 11 is 6.44. The van der Waals surface area contributed by atoms with Crippen LogP contribution in [0.3, 0.4) is 0 Å². The van der Waals surface area contributed by atoms with Gasteiger partial charge in [0.05, 0.1) is 6.10 Å². The van der Waals surface area contributed by atoms with Crippen LogP contribution in [0.5, 0.6) is 0 Å². The van der Waals surface area contributed by atoms with Crippen LogP contribution in [0.2, 0.25) is 0 Å². The van der Waals surface area contributed by atoms with Gasteiger partial charge in [-0.15, -0.1) is 0 Å². The number of nitrogen functional groups attached to an aromatic ring is 1.